The van der Waals surface area contributed by atoms with Gasteiger partial charge in [-0.05, 0) is 79.3 Å². The van der Waals surface area contributed by atoms with Gasteiger partial charge in [-0.1, -0.05) is 6.07 Å². The molecule has 38 heavy (non-hydrogen) atoms. The van der Waals surface area contributed by atoms with Gasteiger partial charge in [0.05, 0.1) is 28.8 Å². The molecule has 1 aliphatic rings. The van der Waals surface area contributed by atoms with Gasteiger partial charge >= 0.3 is 12.1 Å². The molecule has 0 amide bonds. The molecule has 1 atom stereocenters. The number of aromatic nitrogens is 3. The zero-order valence-corrected chi connectivity index (χ0v) is 21.3. The number of nitrogens with one attached hydrogen (secondary N) is 1. The first-order valence-corrected chi connectivity index (χ1v) is 12.6. The maximum atomic E-state index is 13.1. The molecule has 0 bridgehead atoms. The number of carbonyl (C=O) groups excluding carboxylic acids is 1. The van der Waals surface area contributed by atoms with E-state index in [1.54, 1.807) is 30.5 Å². The van der Waals surface area contributed by atoms with Gasteiger partial charge < -0.3 is 15.2 Å². The number of thiazole rings is 1. The number of alkyl halides is 3. The SMILES string of the molecule is COC(=O)c1ccc2c(c1)CCC[C@]2(O)c1ncc(-c2cc(C)cc(Nc3cc(C(F)(F)F)ccn3)n2)s1. The van der Waals surface area contributed by atoms with Gasteiger partial charge in [-0.15, -0.1) is 11.3 Å². The Hall–Kier alpha value is -3.83. The number of halogens is 3. The molecule has 7 nitrogen and oxygen atoms in total. The fraction of sp³-hybridized carbons (Fsp3) is 0.259. The van der Waals surface area contributed by atoms with Gasteiger partial charge in [0, 0.05) is 12.4 Å². The van der Waals surface area contributed by atoms with Gasteiger partial charge in [-0.3, -0.25) is 0 Å². The minimum Gasteiger partial charge on any atom is -0.465 e. The zero-order valence-electron chi connectivity index (χ0n) is 20.5. The number of pyridine rings is 2. The van der Waals surface area contributed by atoms with Crippen molar-refractivity contribution in [3.8, 4) is 10.6 Å². The number of aryl methyl sites for hydroxylation is 2. The number of esters is 1. The number of anilines is 2. The number of fused-ring (bicyclic) bond motifs is 1. The van der Waals surface area contributed by atoms with Crippen LogP contribution in [-0.4, -0.2) is 33.1 Å². The van der Waals surface area contributed by atoms with Crippen molar-refractivity contribution < 1.29 is 27.8 Å². The van der Waals surface area contributed by atoms with Crippen LogP contribution < -0.4 is 5.32 Å². The van der Waals surface area contributed by atoms with Crippen LogP contribution in [0.4, 0.5) is 24.8 Å². The minimum atomic E-state index is -4.48. The summed E-state index contributed by atoms with van der Waals surface area (Å²) in [5.41, 5.74) is 1.25. The van der Waals surface area contributed by atoms with E-state index in [2.05, 4.69) is 20.3 Å². The molecule has 1 aliphatic carbocycles. The fourth-order valence-electron chi connectivity index (χ4n) is 4.59. The lowest BCUT2D eigenvalue weighted by atomic mass is 9.79. The highest BCUT2D eigenvalue weighted by molar-refractivity contribution is 7.15. The first-order chi connectivity index (χ1) is 18.1. The van der Waals surface area contributed by atoms with Crippen LogP contribution in [0.25, 0.3) is 10.6 Å². The van der Waals surface area contributed by atoms with Gasteiger partial charge in [0.25, 0.3) is 0 Å². The highest BCUT2D eigenvalue weighted by Crippen LogP contribution is 2.44. The Kier molecular flexibility index (Phi) is 6.66. The van der Waals surface area contributed by atoms with Crippen molar-refractivity contribution in [2.75, 3.05) is 12.4 Å². The van der Waals surface area contributed by atoms with Crippen molar-refractivity contribution in [2.24, 2.45) is 0 Å². The van der Waals surface area contributed by atoms with Crippen LogP contribution in [0.1, 0.15) is 50.5 Å². The third kappa shape index (κ3) is 4.99. The van der Waals surface area contributed by atoms with E-state index < -0.39 is 23.3 Å². The summed E-state index contributed by atoms with van der Waals surface area (Å²) in [7, 11) is 1.33. The molecule has 3 aromatic heterocycles. The number of nitrogens with zero attached hydrogens (tertiary/aromatic N) is 3. The molecule has 2 N–H and O–H groups in total. The lowest BCUT2D eigenvalue weighted by molar-refractivity contribution is -0.137. The number of methoxy groups -OCH3 is 1. The van der Waals surface area contributed by atoms with Crippen LogP contribution in [0.5, 0.6) is 0 Å². The molecule has 11 heteroatoms. The predicted molar refractivity (Wildman–Crippen MR) is 136 cm³/mol. The molecule has 0 unspecified atom stereocenters. The molecule has 0 spiro atoms. The summed E-state index contributed by atoms with van der Waals surface area (Å²) in [6.07, 6.45) is 0.141. The standard InChI is InChI=1S/C27H23F3N4O3S/c1-15-10-20(33-23(11-15)34-22-13-18(7-9-31-22)27(28,29)30)21-14-32-25(38-21)26(36)8-3-4-16-12-17(24(35)37-2)5-6-19(16)26/h5-7,9-14,36H,3-4,8H2,1-2H3,(H,31,33,34)/t26-/m1/s1. The number of hydrogen-bond acceptors (Lipinski definition) is 8. The van der Waals surface area contributed by atoms with Crippen molar-refractivity contribution in [3.63, 3.8) is 0 Å². The van der Waals surface area contributed by atoms with E-state index in [1.165, 1.54) is 18.4 Å². The van der Waals surface area contributed by atoms with Crippen molar-refractivity contribution >= 4 is 28.9 Å². The van der Waals surface area contributed by atoms with E-state index in [0.717, 1.165) is 35.9 Å². The van der Waals surface area contributed by atoms with Crippen molar-refractivity contribution in [1.29, 1.82) is 0 Å². The molecule has 5 rings (SSSR count). The fourth-order valence-corrected chi connectivity index (χ4v) is 5.60. The minimum absolute atomic E-state index is 0.0216. The number of aliphatic hydroxyl groups is 1. The third-order valence-electron chi connectivity index (χ3n) is 6.38. The summed E-state index contributed by atoms with van der Waals surface area (Å²) < 4.78 is 44.1. The van der Waals surface area contributed by atoms with Crippen LogP contribution in [0.15, 0.2) is 54.9 Å². The van der Waals surface area contributed by atoms with E-state index in [-0.39, 0.29) is 5.82 Å². The maximum Gasteiger partial charge on any atom is 0.416 e. The van der Waals surface area contributed by atoms with Crippen LogP contribution in [0.2, 0.25) is 0 Å². The Morgan fingerprint density at radius 2 is 1.95 bits per heavy atom. The third-order valence-corrected chi connectivity index (χ3v) is 7.55. The molecule has 0 saturated carbocycles. The van der Waals surface area contributed by atoms with E-state index in [1.807, 2.05) is 13.0 Å². The van der Waals surface area contributed by atoms with Gasteiger partial charge in [0.15, 0.2) is 0 Å². The van der Waals surface area contributed by atoms with Gasteiger partial charge in [-0.2, -0.15) is 13.2 Å². The predicted octanol–water partition coefficient (Wildman–Crippen LogP) is 6.03. The van der Waals surface area contributed by atoms with Gasteiger partial charge in [0.1, 0.15) is 22.2 Å². The average molecular weight is 541 g/mol. The number of ether oxygens (including phenoxy) is 1. The summed E-state index contributed by atoms with van der Waals surface area (Å²) >= 11 is 1.29. The second kappa shape index (κ2) is 9.80. The normalized spacial score (nSPS) is 17.1. The molecule has 0 saturated heterocycles. The summed E-state index contributed by atoms with van der Waals surface area (Å²) in [4.78, 5) is 25.7. The Bertz CT molecular complexity index is 1520. The molecule has 0 aliphatic heterocycles. The molecule has 0 fully saturated rings. The van der Waals surface area contributed by atoms with E-state index in [4.69, 9.17) is 4.74 Å². The number of hydrogen-bond donors (Lipinski definition) is 2. The zero-order chi connectivity index (χ0) is 27.1. The molecular formula is C27H23F3N4O3S. The lowest BCUT2D eigenvalue weighted by Crippen LogP contribution is -2.32. The number of carbonyl (C=O) groups is 1. The van der Waals surface area contributed by atoms with Crippen LogP contribution in [0, 0.1) is 6.92 Å². The Morgan fingerprint density at radius 3 is 2.71 bits per heavy atom. The second-order valence-corrected chi connectivity index (χ2v) is 10.1. The van der Waals surface area contributed by atoms with E-state index >= 15 is 0 Å². The molecular weight excluding hydrogens is 517 g/mol. The Labute approximate surface area is 220 Å². The Morgan fingerprint density at radius 1 is 1.13 bits per heavy atom. The van der Waals surface area contributed by atoms with Gasteiger partial charge in [-0.25, -0.2) is 19.7 Å². The topological polar surface area (TPSA) is 97.2 Å². The van der Waals surface area contributed by atoms with E-state index in [9.17, 15) is 23.1 Å². The molecule has 1 aromatic carbocycles. The Balaban J connectivity index is 1.45. The second-order valence-electron chi connectivity index (χ2n) is 9.07. The molecule has 196 valence electrons. The highest BCUT2D eigenvalue weighted by Gasteiger charge is 2.39. The lowest BCUT2D eigenvalue weighted by Gasteiger charge is -2.33. The summed E-state index contributed by atoms with van der Waals surface area (Å²) in [6, 6.07) is 10.5. The highest BCUT2D eigenvalue weighted by atomic mass is 32.1. The van der Waals surface area contributed by atoms with Crippen molar-refractivity contribution in [2.45, 2.75) is 38.0 Å². The van der Waals surface area contributed by atoms with E-state index in [0.29, 0.717) is 45.4 Å². The molecule has 3 heterocycles. The quantitative estimate of drug-likeness (QED) is 0.298. The molecule has 0 radical (unpaired) electrons. The smallest absolute Gasteiger partial charge is 0.416 e. The number of benzene rings is 1. The number of rotatable bonds is 5. The van der Waals surface area contributed by atoms with Crippen LogP contribution in [-0.2, 0) is 22.9 Å². The monoisotopic (exact) mass is 540 g/mol. The first-order valence-electron chi connectivity index (χ1n) is 11.8. The summed E-state index contributed by atoms with van der Waals surface area (Å²) in [5.74, 6) is -0.0825. The summed E-state index contributed by atoms with van der Waals surface area (Å²) in [5, 5.41) is 15.1. The van der Waals surface area contributed by atoms with Crippen molar-refractivity contribution in [1.82, 2.24) is 15.0 Å². The summed E-state index contributed by atoms with van der Waals surface area (Å²) in [6.45, 7) is 1.85. The first kappa shape index (κ1) is 25.8. The van der Waals surface area contributed by atoms with Crippen molar-refractivity contribution in [3.05, 3.63) is 87.7 Å². The average Bonchev–Trinajstić information content (AvgIpc) is 3.39. The van der Waals surface area contributed by atoms with Crippen LogP contribution in [0.3, 0.4) is 0 Å². The van der Waals surface area contributed by atoms with Crippen LogP contribution >= 0.6 is 11.3 Å². The largest absolute Gasteiger partial charge is 0.465 e. The maximum absolute atomic E-state index is 13.1. The molecule has 4 aromatic rings. The van der Waals surface area contributed by atoms with Gasteiger partial charge in [0.2, 0.25) is 0 Å².